The molecule has 0 spiro atoms. The highest BCUT2D eigenvalue weighted by Crippen LogP contribution is 2.19. The summed E-state index contributed by atoms with van der Waals surface area (Å²) in [6, 6.07) is 13.1. The zero-order valence-corrected chi connectivity index (χ0v) is 19.6. The molecule has 3 rings (SSSR count). The third-order valence-corrected chi connectivity index (χ3v) is 7.08. The number of urea groups is 1. The molecule has 1 aliphatic rings. The summed E-state index contributed by atoms with van der Waals surface area (Å²) >= 11 is 0. The molecule has 1 aliphatic heterocycles. The summed E-state index contributed by atoms with van der Waals surface area (Å²) in [5, 5.41) is 2.80. The predicted molar refractivity (Wildman–Crippen MR) is 123 cm³/mol. The first kappa shape index (κ1) is 24.5. The van der Waals surface area contributed by atoms with Gasteiger partial charge < -0.3 is 19.7 Å². The van der Waals surface area contributed by atoms with Gasteiger partial charge in [0.2, 0.25) is 10.0 Å². The molecule has 178 valence electrons. The molecular formula is C23H29N3O6S. The van der Waals surface area contributed by atoms with Crippen molar-refractivity contribution in [2.75, 3.05) is 45.9 Å². The lowest BCUT2D eigenvalue weighted by Gasteiger charge is -2.34. The van der Waals surface area contributed by atoms with Crippen LogP contribution in [0.5, 0.6) is 5.75 Å². The van der Waals surface area contributed by atoms with E-state index in [2.05, 4.69) is 5.32 Å². The fourth-order valence-electron chi connectivity index (χ4n) is 3.40. The van der Waals surface area contributed by atoms with E-state index >= 15 is 0 Å². The summed E-state index contributed by atoms with van der Waals surface area (Å²) in [6.45, 7) is 5.56. The average molecular weight is 476 g/mol. The lowest BCUT2D eigenvalue weighted by atomic mass is 10.2. The molecule has 0 saturated carbocycles. The van der Waals surface area contributed by atoms with Gasteiger partial charge in [-0.15, -0.1) is 0 Å². The van der Waals surface area contributed by atoms with Crippen molar-refractivity contribution >= 4 is 22.0 Å². The maximum absolute atomic E-state index is 12.9. The average Bonchev–Trinajstić information content (AvgIpc) is 2.82. The highest BCUT2D eigenvalue weighted by molar-refractivity contribution is 7.89. The van der Waals surface area contributed by atoms with Crippen LogP contribution in [0.15, 0.2) is 53.4 Å². The number of nitrogens with one attached hydrogen (secondary N) is 1. The number of amides is 2. The van der Waals surface area contributed by atoms with Crippen LogP contribution in [-0.2, 0) is 14.8 Å². The van der Waals surface area contributed by atoms with Crippen LogP contribution in [-0.4, -0.2) is 75.6 Å². The van der Waals surface area contributed by atoms with Gasteiger partial charge in [0, 0.05) is 26.2 Å². The number of carbonyl (C=O) groups excluding carboxylic acids is 2. The van der Waals surface area contributed by atoms with Crippen LogP contribution in [0.2, 0.25) is 0 Å². The van der Waals surface area contributed by atoms with E-state index in [4.69, 9.17) is 9.47 Å². The van der Waals surface area contributed by atoms with Crippen molar-refractivity contribution in [1.82, 2.24) is 14.5 Å². The Morgan fingerprint density at radius 2 is 1.73 bits per heavy atom. The van der Waals surface area contributed by atoms with E-state index in [0.29, 0.717) is 18.7 Å². The number of benzene rings is 2. The minimum Gasteiger partial charge on any atom is -0.492 e. The molecule has 2 aromatic carbocycles. The Bertz CT molecular complexity index is 1060. The second kappa shape index (κ2) is 11.2. The molecule has 2 aromatic rings. The first-order chi connectivity index (χ1) is 15.8. The minimum absolute atomic E-state index is 0.0988. The summed E-state index contributed by atoms with van der Waals surface area (Å²) in [6.07, 6.45) is 0. The Hall–Kier alpha value is -3.11. The van der Waals surface area contributed by atoms with Crippen molar-refractivity contribution in [1.29, 1.82) is 0 Å². The van der Waals surface area contributed by atoms with Gasteiger partial charge in [0.1, 0.15) is 12.4 Å². The first-order valence-corrected chi connectivity index (χ1v) is 12.2. The number of ether oxygens (including phenoxy) is 2. The second-order valence-electron chi connectivity index (χ2n) is 7.53. The molecule has 9 nitrogen and oxygen atoms in total. The fourth-order valence-corrected chi connectivity index (χ4v) is 4.82. The number of nitrogens with zero attached hydrogens (tertiary/aromatic N) is 2. The van der Waals surface area contributed by atoms with Crippen molar-refractivity contribution in [2.24, 2.45) is 0 Å². The Balaban J connectivity index is 1.46. The van der Waals surface area contributed by atoms with Crippen LogP contribution < -0.4 is 10.1 Å². The molecular weight excluding hydrogens is 446 g/mol. The van der Waals surface area contributed by atoms with Crippen LogP contribution >= 0.6 is 0 Å². The number of carbonyl (C=O) groups is 2. The normalized spacial score (nSPS) is 14.5. The second-order valence-corrected chi connectivity index (χ2v) is 9.47. The van der Waals surface area contributed by atoms with Gasteiger partial charge in [-0.3, -0.25) is 0 Å². The number of hydrogen-bond donors (Lipinski definition) is 1. The van der Waals surface area contributed by atoms with Gasteiger partial charge in [-0.25, -0.2) is 18.0 Å². The molecule has 0 atom stereocenters. The van der Waals surface area contributed by atoms with Gasteiger partial charge in [-0.05, 0) is 55.8 Å². The van der Waals surface area contributed by atoms with Crippen molar-refractivity contribution in [3.8, 4) is 5.75 Å². The van der Waals surface area contributed by atoms with Gasteiger partial charge in [-0.1, -0.05) is 12.1 Å². The molecule has 0 radical (unpaired) electrons. The smallest absolute Gasteiger partial charge is 0.338 e. The van der Waals surface area contributed by atoms with E-state index in [1.54, 1.807) is 11.8 Å². The third-order valence-electron chi connectivity index (χ3n) is 5.17. The number of esters is 1. The van der Waals surface area contributed by atoms with Gasteiger partial charge >= 0.3 is 12.0 Å². The Morgan fingerprint density at radius 1 is 1.03 bits per heavy atom. The Labute approximate surface area is 194 Å². The Morgan fingerprint density at radius 3 is 2.36 bits per heavy atom. The monoisotopic (exact) mass is 475 g/mol. The van der Waals surface area contributed by atoms with Crippen LogP contribution in [0.3, 0.4) is 0 Å². The summed E-state index contributed by atoms with van der Waals surface area (Å²) in [5.41, 5.74) is 1.39. The zero-order chi connectivity index (χ0) is 23.8. The zero-order valence-electron chi connectivity index (χ0n) is 18.8. The van der Waals surface area contributed by atoms with Gasteiger partial charge in [0.25, 0.3) is 0 Å². The highest BCUT2D eigenvalue weighted by atomic mass is 32.2. The summed E-state index contributed by atoms with van der Waals surface area (Å²) in [5.74, 6) is 0.253. The van der Waals surface area contributed by atoms with E-state index in [-0.39, 0.29) is 43.7 Å². The summed E-state index contributed by atoms with van der Waals surface area (Å²) in [7, 11) is -3.72. The van der Waals surface area contributed by atoms with Crippen LogP contribution in [0.4, 0.5) is 4.79 Å². The van der Waals surface area contributed by atoms with Crippen LogP contribution in [0.25, 0.3) is 0 Å². The highest BCUT2D eigenvalue weighted by Gasteiger charge is 2.30. The van der Waals surface area contributed by atoms with Gasteiger partial charge in [0.05, 0.1) is 23.6 Å². The third kappa shape index (κ3) is 6.45. The molecule has 0 aliphatic carbocycles. The Kier molecular flexibility index (Phi) is 8.29. The van der Waals surface area contributed by atoms with E-state index in [0.717, 1.165) is 11.3 Å². The molecule has 1 fully saturated rings. The first-order valence-electron chi connectivity index (χ1n) is 10.8. The maximum Gasteiger partial charge on any atom is 0.338 e. The SMILES string of the molecule is CCOC(=O)c1ccc(S(=O)(=O)N2CCN(C(=O)NCCOc3cccc(C)c3)CC2)cc1. The summed E-state index contributed by atoms with van der Waals surface area (Å²) < 4.78 is 37.7. The molecule has 1 N–H and O–H groups in total. The molecule has 2 amide bonds. The molecule has 10 heteroatoms. The fraction of sp³-hybridized carbons (Fsp3) is 0.391. The lowest BCUT2D eigenvalue weighted by Crippen LogP contribution is -2.53. The standard InChI is InChI=1S/C23H29N3O6S/c1-3-31-22(27)19-7-9-21(10-8-19)33(29,30)26-14-12-25(13-15-26)23(28)24-11-16-32-20-6-4-5-18(2)17-20/h4-10,17H,3,11-16H2,1-2H3,(H,24,28). The number of hydrogen-bond acceptors (Lipinski definition) is 6. The van der Waals surface area contributed by atoms with Crippen LogP contribution in [0, 0.1) is 6.92 Å². The number of rotatable bonds is 8. The quantitative estimate of drug-likeness (QED) is 0.464. The number of sulfonamides is 1. The topological polar surface area (TPSA) is 105 Å². The van der Waals surface area contributed by atoms with Gasteiger partial charge in [0.15, 0.2) is 0 Å². The number of aryl methyl sites for hydroxylation is 1. The van der Waals surface area contributed by atoms with E-state index in [1.807, 2.05) is 31.2 Å². The predicted octanol–water partition coefficient (Wildman–Crippen LogP) is 2.27. The molecule has 0 unspecified atom stereocenters. The summed E-state index contributed by atoms with van der Waals surface area (Å²) in [4.78, 5) is 25.8. The van der Waals surface area contributed by atoms with E-state index in [9.17, 15) is 18.0 Å². The van der Waals surface area contributed by atoms with E-state index in [1.165, 1.54) is 28.6 Å². The molecule has 1 heterocycles. The van der Waals surface area contributed by atoms with E-state index < -0.39 is 16.0 Å². The molecule has 1 saturated heterocycles. The molecule has 0 aromatic heterocycles. The van der Waals surface area contributed by atoms with Gasteiger partial charge in [-0.2, -0.15) is 4.31 Å². The van der Waals surface area contributed by atoms with Crippen molar-refractivity contribution < 1.29 is 27.5 Å². The minimum atomic E-state index is -3.72. The largest absolute Gasteiger partial charge is 0.492 e. The van der Waals surface area contributed by atoms with Crippen molar-refractivity contribution in [3.05, 3.63) is 59.7 Å². The molecule has 33 heavy (non-hydrogen) atoms. The number of piperazine rings is 1. The van der Waals surface area contributed by atoms with Crippen LogP contribution in [0.1, 0.15) is 22.8 Å². The molecule has 0 bridgehead atoms. The van der Waals surface area contributed by atoms with Crippen molar-refractivity contribution in [2.45, 2.75) is 18.7 Å². The van der Waals surface area contributed by atoms with Crippen molar-refractivity contribution in [3.63, 3.8) is 0 Å². The maximum atomic E-state index is 12.9. The lowest BCUT2D eigenvalue weighted by molar-refractivity contribution is 0.0526.